The number of nitrogens with two attached hydrogens (primary N) is 1. The van der Waals surface area contributed by atoms with E-state index in [9.17, 15) is 9.59 Å². The molecule has 0 spiro atoms. The molecule has 1 saturated heterocycles. The molecule has 5 rings (SSSR count). The van der Waals surface area contributed by atoms with Gasteiger partial charge in [0.05, 0.1) is 17.2 Å². The van der Waals surface area contributed by atoms with Crippen molar-refractivity contribution < 1.29 is 14.3 Å². The molecule has 194 valence electrons. The van der Waals surface area contributed by atoms with Gasteiger partial charge in [-0.1, -0.05) is 30.8 Å². The van der Waals surface area contributed by atoms with Crippen LogP contribution in [0.1, 0.15) is 30.1 Å². The van der Waals surface area contributed by atoms with Gasteiger partial charge in [-0.25, -0.2) is 9.97 Å². The maximum absolute atomic E-state index is 12.7. The standard InChI is InChI=1S/C29H30N6O3/c1-17(2)28(36)34-21-12-10-19(11-13-21)25-23(24-26(30)32-16-33-27(24)35(25)3)18-6-8-20(9-7-18)29(37)31-15-22-5-4-14-38-22/h6-13,16,22H,1,4-5,14-15H2,2-3H3,(H,31,37)(H,34,36)(H2,30,32,33). The van der Waals surface area contributed by atoms with E-state index >= 15 is 0 Å². The first-order chi connectivity index (χ1) is 18.3. The summed E-state index contributed by atoms with van der Waals surface area (Å²) in [7, 11) is 1.93. The Labute approximate surface area is 220 Å². The lowest BCUT2D eigenvalue weighted by atomic mass is 9.97. The Kier molecular flexibility index (Phi) is 6.93. The first-order valence-corrected chi connectivity index (χ1v) is 12.5. The second-order valence-electron chi connectivity index (χ2n) is 9.47. The Hall–Kier alpha value is -4.50. The molecule has 2 amide bonds. The van der Waals surface area contributed by atoms with Crippen LogP contribution in [0.5, 0.6) is 0 Å². The number of nitrogens with zero attached hydrogens (tertiary/aromatic N) is 3. The normalized spacial score (nSPS) is 14.9. The molecule has 1 unspecified atom stereocenters. The molecule has 2 aromatic carbocycles. The molecule has 0 bridgehead atoms. The third kappa shape index (κ3) is 4.88. The highest BCUT2D eigenvalue weighted by Crippen LogP contribution is 2.41. The zero-order chi connectivity index (χ0) is 26.8. The number of hydrogen-bond acceptors (Lipinski definition) is 6. The quantitative estimate of drug-likeness (QED) is 0.318. The Balaban J connectivity index is 1.50. The average Bonchev–Trinajstić information content (AvgIpc) is 3.55. The van der Waals surface area contributed by atoms with Crippen molar-refractivity contribution in [2.75, 3.05) is 24.2 Å². The number of amides is 2. The highest BCUT2D eigenvalue weighted by atomic mass is 16.5. The number of anilines is 2. The van der Waals surface area contributed by atoms with Gasteiger partial charge in [-0.15, -0.1) is 0 Å². The lowest BCUT2D eigenvalue weighted by molar-refractivity contribution is -0.112. The van der Waals surface area contributed by atoms with Crippen LogP contribution in [0.25, 0.3) is 33.4 Å². The van der Waals surface area contributed by atoms with Gasteiger partial charge in [0.1, 0.15) is 17.8 Å². The maximum Gasteiger partial charge on any atom is 0.251 e. The van der Waals surface area contributed by atoms with Crippen molar-refractivity contribution in [1.29, 1.82) is 0 Å². The lowest BCUT2D eigenvalue weighted by Crippen LogP contribution is -2.31. The number of hydrogen-bond donors (Lipinski definition) is 3. The van der Waals surface area contributed by atoms with Crippen LogP contribution in [0, 0.1) is 0 Å². The number of carbonyl (C=O) groups is 2. The van der Waals surface area contributed by atoms with Crippen LogP contribution in [-0.2, 0) is 16.6 Å². The number of nitrogen functional groups attached to an aromatic ring is 1. The second-order valence-corrected chi connectivity index (χ2v) is 9.47. The summed E-state index contributed by atoms with van der Waals surface area (Å²) in [5.41, 5.74) is 12.2. The molecule has 0 aliphatic carbocycles. The first-order valence-electron chi connectivity index (χ1n) is 12.5. The van der Waals surface area contributed by atoms with Crippen LogP contribution < -0.4 is 16.4 Å². The molecular weight excluding hydrogens is 480 g/mol. The van der Waals surface area contributed by atoms with Gasteiger partial charge in [-0.3, -0.25) is 9.59 Å². The second kappa shape index (κ2) is 10.5. The van der Waals surface area contributed by atoms with Crippen LogP contribution >= 0.6 is 0 Å². The van der Waals surface area contributed by atoms with Gasteiger partial charge in [0.25, 0.3) is 11.8 Å². The molecule has 38 heavy (non-hydrogen) atoms. The zero-order valence-electron chi connectivity index (χ0n) is 21.5. The van der Waals surface area contributed by atoms with E-state index in [1.165, 1.54) is 6.33 Å². The molecule has 9 heteroatoms. The van der Waals surface area contributed by atoms with Crippen molar-refractivity contribution in [2.24, 2.45) is 7.05 Å². The number of aromatic nitrogens is 3. The van der Waals surface area contributed by atoms with Gasteiger partial charge >= 0.3 is 0 Å². The molecular formula is C29H30N6O3. The van der Waals surface area contributed by atoms with Crippen LogP contribution in [0.2, 0.25) is 0 Å². The monoisotopic (exact) mass is 510 g/mol. The summed E-state index contributed by atoms with van der Waals surface area (Å²) in [6.07, 6.45) is 3.53. The SMILES string of the molecule is C=C(C)C(=O)Nc1ccc(-c2c(-c3ccc(C(=O)NCC4CCCO4)cc3)c3c(N)ncnc3n2C)cc1. The molecule has 0 radical (unpaired) electrons. The Bertz CT molecular complexity index is 1520. The summed E-state index contributed by atoms with van der Waals surface area (Å²) in [6.45, 7) is 6.60. The highest BCUT2D eigenvalue weighted by molar-refractivity contribution is 6.08. The smallest absolute Gasteiger partial charge is 0.251 e. The summed E-state index contributed by atoms with van der Waals surface area (Å²) in [4.78, 5) is 33.5. The summed E-state index contributed by atoms with van der Waals surface area (Å²) in [6, 6.07) is 15.0. The van der Waals surface area contributed by atoms with E-state index in [2.05, 4.69) is 27.2 Å². The summed E-state index contributed by atoms with van der Waals surface area (Å²) in [5.74, 6) is 0.00185. The molecule has 1 atom stereocenters. The average molecular weight is 511 g/mol. The summed E-state index contributed by atoms with van der Waals surface area (Å²) < 4.78 is 7.58. The van der Waals surface area contributed by atoms with E-state index in [-0.39, 0.29) is 17.9 Å². The number of rotatable bonds is 7. The molecule has 4 N–H and O–H groups in total. The number of ether oxygens (including phenoxy) is 1. The topological polar surface area (TPSA) is 124 Å². The largest absolute Gasteiger partial charge is 0.383 e. The number of aryl methyl sites for hydroxylation is 1. The van der Waals surface area contributed by atoms with Crippen molar-refractivity contribution in [3.05, 3.63) is 72.6 Å². The number of benzene rings is 2. The van der Waals surface area contributed by atoms with Crippen LogP contribution in [-0.4, -0.2) is 45.6 Å². The van der Waals surface area contributed by atoms with E-state index in [4.69, 9.17) is 10.5 Å². The van der Waals surface area contributed by atoms with Gasteiger partial charge in [0, 0.05) is 42.6 Å². The molecule has 2 aromatic heterocycles. The van der Waals surface area contributed by atoms with Crippen LogP contribution in [0.3, 0.4) is 0 Å². The van der Waals surface area contributed by atoms with Crippen molar-refractivity contribution in [2.45, 2.75) is 25.9 Å². The van der Waals surface area contributed by atoms with E-state index in [1.54, 1.807) is 19.1 Å². The first kappa shape index (κ1) is 25.2. The maximum atomic E-state index is 12.7. The van der Waals surface area contributed by atoms with E-state index in [0.29, 0.717) is 34.8 Å². The van der Waals surface area contributed by atoms with Crippen LogP contribution in [0.15, 0.2) is 67.0 Å². The third-order valence-corrected chi connectivity index (χ3v) is 6.75. The van der Waals surface area contributed by atoms with Crippen molar-refractivity contribution >= 4 is 34.4 Å². The van der Waals surface area contributed by atoms with Gasteiger partial charge in [0.15, 0.2) is 0 Å². The van der Waals surface area contributed by atoms with Crippen molar-refractivity contribution in [1.82, 2.24) is 19.9 Å². The predicted octanol–water partition coefficient (Wildman–Crippen LogP) is 4.31. The predicted molar refractivity (Wildman–Crippen MR) is 149 cm³/mol. The lowest BCUT2D eigenvalue weighted by Gasteiger charge is -2.12. The fourth-order valence-corrected chi connectivity index (χ4v) is 4.75. The van der Waals surface area contributed by atoms with Gasteiger partial charge in [-0.05, 0) is 55.2 Å². The Morgan fingerprint density at radius 3 is 2.47 bits per heavy atom. The van der Waals surface area contributed by atoms with Crippen LogP contribution in [0.4, 0.5) is 11.5 Å². The highest BCUT2D eigenvalue weighted by Gasteiger charge is 2.22. The molecule has 1 aliphatic heterocycles. The summed E-state index contributed by atoms with van der Waals surface area (Å²) in [5, 5.41) is 6.53. The molecule has 3 heterocycles. The minimum absolute atomic E-state index is 0.0833. The third-order valence-electron chi connectivity index (χ3n) is 6.75. The Morgan fingerprint density at radius 1 is 1.11 bits per heavy atom. The summed E-state index contributed by atoms with van der Waals surface area (Å²) >= 11 is 0. The number of nitrogens with one attached hydrogen (secondary N) is 2. The minimum atomic E-state index is -0.231. The van der Waals surface area contributed by atoms with Gasteiger partial charge in [0.2, 0.25) is 0 Å². The number of fused-ring (bicyclic) bond motifs is 1. The molecule has 1 fully saturated rings. The minimum Gasteiger partial charge on any atom is -0.383 e. The molecule has 0 saturated carbocycles. The van der Waals surface area contributed by atoms with Gasteiger partial charge in [-0.2, -0.15) is 0 Å². The fourth-order valence-electron chi connectivity index (χ4n) is 4.75. The van der Waals surface area contributed by atoms with E-state index < -0.39 is 0 Å². The van der Waals surface area contributed by atoms with Crippen molar-refractivity contribution in [3.63, 3.8) is 0 Å². The van der Waals surface area contributed by atoms with E-state index in [0.717, 1.165) is 47.2 Å². The molecule has 4 aromatic rings. The number of carbonyl (C=O) groups excluding carboxylic acids is 2. The van der Waals surface area contributed by atoms with Gasteiger partial charge < -0.3 is 25.7 Å². The Morgan fingerprint density at radius 2 is 1.82 bits per heavy atom. The fraction of sp³-hybridized carbons (Fsp3) is 0.241. The van der Waals surface area contributed by atoms with Crippen molar-refractivity contribution in [3.8, 4) is 22.4 Å². The molecule has 1 aliphatic rings. The van der Waals surface area contributed by atoms with E-state index in [1.807, 2.05) is 48.0 Å². The zero-order valence-corrected chi connectivity index (χ0v) is 21.5. The molecule has 9 nitrogen and oxygen atoms in total.